The lowest BCUT2D eigenvalue weighted by Gasteiger charge is -2.27. The van der Waals surface area contributed by atoms with Crippen molar-refractivity contribution >= 4 is 11.0 Å². The largest absolute Gasteiger partial charge is 0.372 e. The number of aliphatic hydroxyl groups is 1. The van der Waals surface area contributed by atoms with Crippen molar-refractivity contribution in [3.8, 4) is 11.1 Å². The average molecular weight is 426 g/mol. The highest BCUT2D eigenvalue weighted by Gasteiger charge is 2.41. The average Bonchev–Trinajstić information content (AvgIpc) is 3.19. The molecule has 1 atom stereocenters. The predicted molar refractivity (Wildman–Crippen MR) is 118 cm³/mol. The highest BCUT2D eigenvalue weighted by atomic mass is 16.5. The van der Waals surface area contributed by atoms with Gasteiger partial charge < -0.3 is 19.6 Å². The summed E-state index contributed by atoms with van der Waals surface area (Å²) in [5.41, 5.74) is 3.55. The Hall–Kier alpha value is -3.78. The summed E-state index contributed by atoms with van der Waals surface area (Å²) in [6, 6.07) is 9.47. The summed E-state index contributed by atoms with van der Waals surface area (Å²) < 4.78 is 5.43. The van der Waals surface area contributed by atoms with E-state index >= 15 is 0 Å². The van der Waals surface area contributed by atoms with Crippen LogP contribution in [0.1, 0.15) is 53.1 Å². The topological polar surface area (TPSA) is 117 Å². The molecule has 1 unspecified atom stereocenters. The number of benzene rings is 1. The third-order valence-electron chi connectivity index (χ3n) is 6.16. The lowest BCUT2D eigenvalue weighted by molar-refractivity contribution is 0.113. The molecule has 8 heteroatoms. The van der Waals surface area contributed by atoms with Crippen LogP contribution in [-0.4, -0.2) is 35.2 Å². The zero-order chi connectivity index (χ0) is 21.9. The van der Waals surface area contributed by atoms with Gasteiger partial charge >= 0.3 is 0 Å². The molecule has 32 heavy (non-hydrogen) atoms. The van der Waals surface area contributed by atoms with Gasteiger partial charge in [0.15, 0.2) is 5.60 Å². The van der Waals surface area contributed by atoms with Gasteiger partial charge in [-0.05, 0) is 56.5 Å². The SMILES string of the molecule is Cc1noc(C)c1-c1cc(C(O)(c2ccccn2)c2ncc[nH]2)c2nc(C3CC3)[nH]c2c1. The molecule has 4 aromatic heterocycles. The highest BCUT2D eigenvalue weighted by molar-refractivity contribution is 5.88. The minimum absolute atomic E-state index is 0.379. The molecular weight excluding hydrogens is 404 g/mol. The molecule has 1 aromatic carbocycles. The summed E-state index contributed by atoms with van der Waals surface area (Å²) >= 11 is 0. The van der Waals surface area contributed by atoms with Crippen molar-refractivity contribution in [3.05, 3.63) is 83.3 Å². The zero-order valence-corrected chi connectivity index (χ0v) is 17.8. The van der Waals surface area contributed by atoms with Crippen molar-refractivity contribution in [2.24, 2.45) is 0 Å². The number of fused-ring (bicyclic) bond motifs is 1. The van der Waals surface area contributed by atoms with E-state index in [1.165, 1.54) is 0 Å². The third kappa shape index (κ3) is 2.80. The van der Waals surface area contributed by atoms with Gasteiger partial charge in [-0.3, -0.25) is 4.98 Å². The van der Waals surface area contributed by atoms with Crippen LogP contribution in [0.4, 0.5) is 0 Å². The van der Waals surface area contributed by atoms with Crippen LogP contribution in [-0.2, 0) is 5.60 Å². The quantitative estimate of drug-likeness (QED) is 0.389. The Balaban J connectivity index is 1.69. The molecule has 0 saturated heterocycles. The lowest BCUT2D eigenvalue weighted by atomic mass is 9.85. The minimum Gasteiger partial charge on any atom is -0.372 e. The van der Waals surface area contributed by atoms with Crippen molar-refractivity contribution < 1.29 is 9.63 Å². The standard InChI is InChI=1S/C24H22N6O2/c1-13-20(14(2)32-30-13)16-11-17(21-18(12-16)28-22(29-21)15-6-7-15)24(31,23-26-9-10-27-23)19-5-3-4-8-25-19/h3-5,8-12,15,31H,6-7H2,1-2H3,(H,26,27)(H,28,29). The van der Waals surface area contributed by atoms with Crippen LogP contribution in [0, 0.1) is 13.8 Å². The molecule has 0 amide bonds. The van der Waals surface area contributed by atoms with Crippen LogP contribution in [0.5, 0.6) is 0 Å². The summed E-state index contributed by atoms with van der Waals surface area (Å²) in [5.74, 6) is 2.47. The molecule has 3 N–H and O–H groups in total. The van der Waals surface area contributed by atoms with Crippen molar-refractivity contribution in [1.82, 2.24) is 30.1 Å². The number of aromatic nitrogens is 6. The highest BCUT2D eigenvalue weighted by Crippen LogP contribution is 2.43. The predicted octanol–water partition coefficient (Wildman–Crippen LogP) is 4.11. The van der Waals surface area contributed by atoms with Gasteiger partial charge in [-0.2, -0.15) is 0 Å². The first-order chi connectivity index (χ1) is 15.6. The molecule has 8 nitrogen and oxygen atoms in total. The van der Waals surface area contributed by atoms with Gasteiger partial charge in [-0.25, -0.2) is 9.97 Å². The number of H-pyrrole nitrogens is 2. The van der Waals surface area contributed by atoms with Gasteiger partial charge in [-0.1, -0.05) is 11.2 Å². The summed E-state index contributed by atoms with van der Waals surface area (Å²) in [7, 11) is 0. The summed E-state index contributed by atoms with van der Waals surface area (Å²) in [6.07, 6.45) is 7.22. The fraction of sp³-hybridized carbons (Fsp3) is 0.250. The molecule has 0 radical (unpaired) electrons. The Kier molecular flexibility index (Phi) is 4.06. The van der Waals surface area contributed by atoms with Crippen LogP contribution < -0.4 is 0 Å². The van der Waals surface area contributed by atoms with Crippen LogP contribution in [0.15, 0.2) is 53.4 Å². The Morgan fingerprint density at radius 1 is 1.12 bits per heavy atom. The van der Waals surface area contributed by atoms with Crippen LogP contribution in [0.25, 0.3) is 22.2 Å². The van der Waals surface area contributed by atoms with Gasteiger partial charge in [0.25, 0.3) is 0 Å². The molecule has 160 valence electrons. The van der Waals surface area contributed by atoms with E-state index in [0.717, 1.165) is 41.0 Å². The van der Waals surface area contributed by atoms with Crippen LogP contribution in [0.3, 0.4) is 0 Å². The Morgan fingerprint density at radius 3 is 2.66 bits per heavy atom. The number of pyridine rings is 1. The second kappa shape index (κ2) is 6.86. The number of nitrogens with zero attached hydrogens (tertiary/aromatic N) is 4. The van der Waals surface area contributed by atoms with Crippen molar-refractivity contribution in [2.75, 3.05) is 0 Å². The monoisotopic (exact) mass is 426 g/mol. The van der Waals surface area contributed by atoms with E-state index in [2.05, 4.69) is 25.1 Å². The minimum atomic E-state index is -1.63. The Bertz CT molecular complexity index is 1400. The van der Waals surface area contributed by atoms with Gasteiger partial charge in [0, 0.05) is 35.6 Å². The van der Waals surface area contributed by atoms with Gasteiger partial charge in [0.1, 0.15) is 17.4 Å². The van der Waals surface area contributed by atoms with Crippen LogP contribution >= 0.6 is 0 Å². The maximum Gasteiger partial charge on any atom is 0.192 e. The van der Waals surface area contributed by atoms with E-state index < -0.39 is 5.60 Å². The smallest absolute Gasteiger partial charge is 0.192 e. The molecule has 4 heterocycles. The molecule has 6 rings (SSSR count). The number of nitrogens with one attached hydrogen (secondary N) is 2. The van der Waals surface area contributed by atoms with Gasteiger partial charge in [0.05, 0.1) is 22.4 Å². The molecule has 0 spiro atoms. The fourth-order valence-corrected chi connectivity index (χ4v) is 4.43. The number of imidazole rings is 2. The van der Waals surface area contributed by atoms with Gasteiger partial charge in [0.2, 0.25) is 0 Å². The fourth-order valence-electron chi connectivity index (χ4n) is 4.43. The Morgan fingerprint density at radius 2 is 2.00 bits per heavy atom. The van der Waals surface area contributed by atoms with Gasteiger partial charge in [-0.15, -0.1) is 0 Å². The summed E-state index contributed by atoms with van der Waals surface area (Å²) in [5, 5.41) is 16.4. The first-order valence-electron chi connectivity index (χ1n) is 10.7. The molecule has 1 aliphatic carbocycles. The van der Waals surface area contributed by atoms with E-state index in [4.69, 9.17) is 9.51 Å². The van der Waals surface area contributed by atoms with E-state index in [1.807, 2.05) is 38.1 Å². The third-order valence-corrected chi connectivity index (χ3v) is 6.16. The normalized spacial score (nSPS) is 15.8. The summed E-state index contributed by atoms with van der Waals surface area (Å²) in [6.45, 7) is 3.80. The molecule has 5 aromatic rings. The maximum absolute atomic E-state index is 12.3. The number of rotatable bonds is 5. The first kappa shape index (κ1) is 18.9. The second-order valence-corrected chi connectivity index (χ2v) is 8.38. The number of aromatic amines is 2. The molecule has 0 bridgehead atoms. The van der Waals surface area contributed by atoms with E-state index in [1.54, 1.807) is 24.7 Å². The molecule has 1 saturated carbocycles. The van der Waals surface area contributed by atoms with Crippen LogP contribution in [0.2, 0.25) is 0 Å². The number of aryl methyl sites for hydroxylation is 2. The van der Waals surface area contributed by atoms with Crippen molar-refractivity contribution in [3.63, 3.8) is 0 Å². The van der Waals surface area contributed by atoms with Crippen molar-refractivity contribution in [2.45, 2.75) is 38.2 Å². The molecular formula is C24H22N6O2. The maximum atomic E-state index is 12.3. The van der Waals surface area contributed by atoms with Crippen molar-refractivity contribution in [1.29, 1.82) is 0 Å². The molecule has 1 aliphatic rings. The zero-order valence-electron chi connectivity index (χ0n) is 17.8. The summed E-state index contributed by atoms with van der Waals surface area (Å²) in [4.78, 5) is 20.4. The Labute approximate surface area is 183 Å². The van der Waals surface area contributed by atoms with E-state index in [9.17, 15) is 5.11 Å². The van der Waals surface area contributed by atoms with E-state index in [-0.39, 0.29) is 0 Å². The molecule has 1 fully saturated rings. The number of hydrogen-bond acceptors (Lipinski definition) is 6. The lowest BCUT2D eigenvalue weighted by Crippen LogP contribution is -2.32. The second-order valence-electron chi connectivity index (χ2n) is 8.38. The number of hydrogen-bond donors (Lipinski definition) is 3. The molecule has 0 aliphatic heterocycles. The first-order valence-corrected chi connectivity index (χ1v) is 10.7. The van der Waals surface area contributed by atoms with E-state index in [0.29, 0.717) is 34.3 Å².